The summed E-state index contributed by atoms with van der Waals surface area (Å²) in [5, 5.41) is 11.4. The van der Waals surface area contributed by atoms with E-state index in [0.717, 1.165) is 24.1 Å². The highest BCUT2D eigenvalue weighted by Gasteiger charge is 2.29. The highest BCUT2D eigenvalue weighted by Crippen LogP contribution is 2.28. The van der Waals surface area contributed by atoms with Gasteiger partial charge in [-0.05, 0) is 69.5 Å². The fourth-order valence-electron chi connectivity index (χ4n) is 3.55. The first-order chi connectivity index (χ1) is 15.2. The first kappa shape index (κ1) is 23.5. The summed E-state index contributed by atoms with van der Waals surface area (Å²) in [6.07, 6.45) is 1.97. The van der Waals surface area contributed by atoms with Crippen LogP contribution in [0.3, 0.4) is 0 Å². The van der Waals surface area contributed by atoms with Crippen LogP contribution in [0.5, 0.6) is 0 Å². The van der Waals surface area contributed by atoms with Crippen molar-refractivity contribution in [3.63, 3.8) is 0 Å². The van der Waals surface area contributed by atoms with Crippen molar-refractivity contribution in [2.24, 2.45) is 5.14 Å². The third-order valence-corrected chi connectivity index (χ3v) is 6.13. The van der Waals surface area contributed by atoms with Crippen LogP contribution in [0, 0.1) is 6.92 Å². The lowest BCUT2D eigenvalue weighted by Crippen LogP contribution is -2.39. The van der Waals surface area contributed by atoms with E-state index in [0.29, 0.717) is 17.7 Å². The lowest BCUT2D eigenvalue weighted by Gasteiger charge is -2.30. The number of esters is 1. The number of amides is 1. The second-order valence-electron chi connectivity index (χ2n) is 7.59. The van der Waals surface area contributed by atoms with E-state index in [4.69, 9.17) is 9.88 Å². The molecule has 0 saturated carbocycles. The highest BCUT2D eigenvalue weighted by molar-refractivity contribution is 7.89. The number of aryl methyl sites for hydroxylation is 1. The second kappa shape index (κ2) is 9.97. The Kier molecular flexibility index (Phi) is 7.32. The van der Waals surface area contributed by atoms with Crippen LogP contribution in [0.1, 0.15) is 42.1 Å². The molecule has 1 atom stereocenters. The van der Waals surface area contributed by atoms with E-state index in [9.17, 15) is 18.0 Å². The topological polar surface area (TPSA) is 128 Å². The molecule has 3 rings (SSSR count). The van der Waals surface area contributed by atoms with Gasteiger partial charge in [0.25, 0.3) is 5.91 Å². The molecule has 0 fully saturated rings. The Hall–Kier alpha value is -3.17. The van der Waals surface area contributed by atoms with Gasteiger partial charge in [0.05, 0.1) is 28.8 Å². The molecule has 0 radical (unpaired) electrons. The van der Waals surface area contributed by atoms with Crippen molar-refractivity contribution < 1.29 is 22.7 Å². The molecule has 4 N–H and O–H groups in total. The monoisotopic (exact) mass is 457 g/mol. The maximum atomic E-state index is 12.9. The number of benzene rings is 2. The van der Waals surface area contributed by atoms with E-state index in [1.54, 1.807) is 6.92 Å². The SMILES string of the molecule is CCOC(=O)C1=C(NC(=O)c2ccc(S(N)(=O)=O)cc2)C(Nc2ccc(C)cc2)CCC1. The van der Waals surface area contributed by atoms with Crippen molar-refractivity contribution in [3.8, 4) is 0 Å². The van der Waals surface area contributed by atoms with Crippen LogP contribution < -0.4 is 15.8 Å². The maximum Gasteiger partial charge on any atom is 0.335 e. The lowest BCUT2D eigenvalue weighted by molar-refractivity contribution is -0.138. The number of hydrogen-bond acceptors (Lipinski definition) is 6. The quantitative estimate of drug-likeness (QED) is 0.549. The summed E-state index contributed by atoms with van der Waals surface area (Å²) in [6.45, 7) is 3.96. The largest absolute Gasteiger partial charge is 0.463 e. The molecule has 1 aliphatic rings. The van der Waals surface area contributed by atoms with Gasteiger partial charge in [-0.1, -0.05) is 17.7 Å². The van der Waals surface area contributed by atoms with Gasteiger partial charge in [-0.3, -0.25) is 4.79 Å². The average Bonchev–Trinajstić information content (AvgIpc) is 2.76. The number of anilines is 1. The van der Waals surface area contributed by atoms with E-state index in [2.05, 4.69) is 10.6 Å². The zero-order chi connectivity index (χ0) is 23.3. The van der Waals surface area contributed by atoms with E-state index in [1.165, 1.54) is 24.3 Å². The van der Waals surface area contributed by atoms with Crippen LogP contribution in [-0.4, -0.2) is 32.9 Å². The van der Waals surface area contributed by atoms with Crippen LogP contribution in [0.15, 0.2) is 64.7 Å². The molecule has 1 unspecified atom stereocenters. The predicted molar refractivity (Wildman–Crippen MR) is 121 cm³/mol. The predicted octanol–water partition coefficient (Wildman–Crippen LogP) is 2.85. The van der Waals surface area contributed by atoms with Crippen LogP contribution in [-0.2, 0) is 19.6 Å². The van der Waals surface area contributed by atoms with Gasteiger partial charge in [0.1, 0.15) is 0 Å². The number of ether oxygens (including phenoxy) is 1. The average molecular weight is 458 g/mol. The third-order valence-electron chi connectivity index (χ3n) is 5.20. The molecular formula is C23H27N3O5S. The van der Waals surface area contributed by atoms with E-state index < -0.39 is 21.9 Å². The number of nitrogens with two attached hydrogens (primary N) is 1. The van der Waals surface area contributed by atoms with Gasteiger partial charge in [-0.2, -0.15) is 0 Å². The fraction of sp³-hybridized carbons (Fsp3) is 0.304. The molecule has 9 heteroatoms. The molecule has 1 aliphatic carbocycles. The molecule has 170 valence electrons. The molecule has 0 aromatic heterocycles. The summed E-state index contributed by atoms with van der Waals surface area (Å²) < 4.78 is 28.1. The number of sulfonamides is 1. The minimum Gasteiger partial charge on any atom is -0.463 e. The number of carbonyl (C=O) groups is 2. The van der Waals surface area contributed by atoms with Gasteiger partial charge in [0.15, 0.2) is 0 Å². The molecule has 1 amide bonds. The maximum absolute atomic E-state index is 12.9. The van der Waals surface area contributed by atoms with E-state index in [-0.39, 0.29) is 23.1 Å². The number of primary sulfonamides is 1. The van der Waals surface area contributed by atoms with Crippen molar-refractivity contribution in [2.75, 3.05) is 11.9 Å². The Morgan fingerprint density at radius 3 is 2.34 bits per heavy atom. The van der Waals surface area contributed by atoms with Crippen molar-refractivity contribution in [3.05, 3.63) is 70.9 Å². The van der Waals surface area contributed by atoms with Gasteiger partial charge >= 0.3 is 5.97 Å². The first-order valence-electron chi connectivity index (χ1n) is 10.4. The normalized spacial score (nSPS) is 16.4. The van der Waals surface area contributed by atoms with E-state index in [1.807, 2.05) is 31.2 Å². The summed E-state index contributed by atoms with van der Waals surface area (Å²) in [5.41, 5.74) is 3.13. The fourth-order valence-corrected chi connectivity index (χ4v) is 4.07. The second-order valence-corrected chi connectivity index (χ2v) is 9.15. The standard InChI is InChI=1S/C23H27N3O5S/c1-3-31-23(28)19-5-4-6-20(25-17-11-7-15(2)8-12-17)21(19)26-22(27)16-9-13-18(14-10-16)32(24,29)30/h7-14,20,25H,3-6H2,1-2H3,(H,26,27)(H2,24,29,30). The number of carbonyl (C=O) groups excluding carboxylic acids is 2. The highest BCUT2D eigenvalue weighted by atomic mass is 32.2. The van der Waals surface area contributed by atoms with Crippen molar-refractivity contribution in [1.29, 1.82) is 0 Å². The number of hydrogen-bond donors (Lipinski definition) is 3. The van der Waals surface area contributed by atoms with Crippen LogP contribution in [0.2, 0.25) is 0 Å². The van der Waals surface area contributed by atoms with Crippen molar-refractivity contribution >= 4 is 27.6 Å². The van der Waals surface area contributed by atoms with Crippen LogP contribution in [0.4, 0.5) is 5.69 Å². The molecular weight excluding hydrogens is 430 g/mol. The molecule has 2 aromatic carbocycles. The molecule has 0 heterocycles. The van der Waals surface area contributed by atoms with Crippen molar-refractivity contribution in [2.45, 2.75) is 44.0 Å². The Labute approximate surface area is 187 Å². The number of nitrogens with one attached hydrogen (secondary N) is 2. The minimum atomic E-state index is -3.86. The Morgan fingerprint density at radius 1 is 1.09 bits per heavy atom. The zero-order valence-corrected chi connectivity index (χ0v) is 18.9. The minimum absolute atomic E-state index is 0.0861. The Bertz CT molecular complexity index is 1120. The molecule has 0 bridgehead atoms. The van der Waals surface area contributed by atoms with Crippen molar-refractivity contribution in [1.82, 2.24) is 5.32 Å². The summed E-state index contributed by atoms with van der Waals surface area (Å²) >= 11 is 0. The molecule has 0 aliphatic heterocycles. The Balaban J connectivity index is 1.90. The van der Waals surface area contributed by atoms with Crippen LogP contribution in [0.25, 0.3) is 0 Å². The summed E-state index contributed by atoms with van der Waals surface area (Å²) in [7, 11) is -3.86. The lowest BCUT2D eigenvalue weighted by atomic mass is 9.91. The summed E-state index contributed by atoms with van der Waals surface area (Å²) in [5.74, 6) is -0.914. The Morgan fingerprint density at radius 2 is 1.75 bits per heavy atom. The van der Waals surface area contributed by atoms with Crippen LogP contribution >= 0.6 is 0 Å². The molecule has 0 saturated heterocycles. The molecule has 8 nitrogen and oxygen atoms in total. The number of rotatable bonds is 7. The van der Waals surface area contributed by atoms with Gasteiger partial charge in [0, 0.05) is 11.3 Å². The summed E-state index contributed by atoms with van der Waals surface area (Å²) in [6, 6.07) is 12.9. The molecule has 32 heavy (non-hydrogen) atoms. The van der Waals surface area contributed by atoms with E-state index >= 15 is 0 Å². The smallest absolute Gasteiger partial charge is 0.335 e. The van der Waals surface area contributed by atoms with Gasteiger partial charge in [0.2, 0.25) is 10.0 Å². The zero-order valence-electron chi connectivity index (χ0n) is 18.1. The van der Waals surface area contributed by atoms with Gasteiger partial charge in [-0.25, -0.2) is 18.4 Å². The molecule has 0 spiro atoms. The van der Waals surface area contributed by atoms with Gasteiger partial charge < -0.3 is 15.4 Å². The van der Waals surface area contributed by atoms with Gasteiger partial charge in [-0.15, -0.1) is 0 Å². The third kappa shape index (κ3) is 5.74. The summed E-state index contributed by atoms with van der Waals surface area (Å²) in [4.78, 5) is 25.4. The molecule has 2 aromatic rings. The first-order valence-corrected chi connectivity index (χ1v) is 11.9.